The van der Waals surface area contributed by atoms with Crippen molar-refractivity contribution in [1.82, 2.24) is 19.8 Å². The molecule has 2 heterocycles. The second-order valence-corrected chi connectivity index (χ2v) is 8.98. The van der Waals surface area contributed by atoms with E-state index >= 15 is 0 Å². The maximum absolute atomic E-state index is 13.1. The quantitative estimate of drug-likeness (QED) is 0.670. The van der Waals surface area contributed by atoms with Crippen LogP contribution in [0.25, 0.3) is 0 Å². The molecule has 1 aromatic rings. The Labute approximate surface area is 168 Å². The summed E-state index contributed by atoms with van der Waals surface area (Å²) in [5, 5.41) is 5.29. The summed E-state index contributed by atoms with van der Waals surface area (Å²) >= 11 is 0. The highest BCUT2D eigenvalue weighted by Gasteiger charge is 2.40. The molecule has 0 aliphatic carbocycles. The summed E-state index contributed by atoms with van der Waals surface area (Å²) in [7, 11) is -3.97. The molecule has 2 aliphatic heterocycles. The standard InChI is InChI=1S/C18H23FN4O5S/c1-12(24)23-10-9-22(29(27,28)14-6-4-13(19)5-7-14)11-16(23)18(26)21-15-3-2-8-20-17(15)25/h4-7,15-16H,2-3,8-11H2,1H3,(H,20,25)(H,21,26). The molecule has 2 fully saturated rings. The Bertz CT molecular complexity index is 905. The third-order valence-electron chi connectivity index (χ3n) is 5.10. The van der Waals surface area contributed by atoms with Gasteiger partial charge in [-0.3, -0.25) is 14.4 Å². The molecule has 0 radical (unpaired) electrons. The molecule has 2 saturated heterocycles. The number of hydrogen-bond donors (Lipinski definition) is 2. The second kappa shape index (κ2) is 8.46. The number of amides is 3. The highest BCUT2D eigenvalue weighted by molar-refractivity contribution is 7.89. The van der Waals surface area contributed by atoms with E-state index in [1.807, 2.05) is 0 Å². The molecular weight excluding hydrogens is 403 g/mol. The van der Waals surface area contributed by atoms with E-state index in [1.54, 1.807) is 0 Å². The molecule has 3 amide bonds. The largest absolute Gasteiger partial charge is 0.354 e. The SMILES string of the molecule is CC(=O)N1CCN(S(=O)(=O)c2ccc(F)cc2)CC1C(=O)NC1CCCNC1=O. The molecule has 3 rings (SSSR count). The summed E-state index contributed by atoms with van der Waals surface area (Å²) in [6.07, 6.45) is 1.19. The van der Waals surface area contributed by atoms with Crippen LogP contribution < -0.4 is 10.6 Å². The summed E-state index contributed by atoms with van der Waals surface area (Å²) in [5.74, 6) is -1.81. The lowest BCUT2D eigenvalue weighted by Gasteiger charge is -2.40. The van der Waals surface area contributed by atoms with Crippen LogP contribution in [0.3, 0.4) is 0 Å². The van der Waals surface area contributed by atoms with Crippen LogP contribution in [0.1, 0.15) is 19.8 Å². The van der Waals surface area contributed by atoms with Crippen LogP contribution in [-0.4, -0.2) is 73.6 Å². The molecule has 0 saturated carbocycles. The van der Waals surface area contributed by atoms with Crippen LogP contribution in [0.5, 0.6) is 0 Å². The fraction of sp³-hybridized carbons (Fsp3) is 0.500. The van der Waals surface area contributed by atoms with Crippen molar-refractivity contribution in [2.45, 2.75) is 36.7 Å². The Morgan fingerprint density at radius 2 is 1.90 bits per heavy atom. The summed E-state index contributed by atoms with van der Waals surface area (Å²) in [6, 6.07) is 2.63. The predicted molar refractivity (Wildman–Crippen MR) is 101 cm³/mol. The summed E-state index contributed by atoms with van der Waals surface area (Å²) < 4.78 is 40.0. The second-order valence-electron chi connectivity index (χ2n) is 7.04. The van der Waals surface area contributed by atoms with Gasteiger partial charge in [-0.15, -0.1) is 0 Å². The van der Waals surface area contributed by atoms with Crippen molar-refractivity contribution in [3.8, 4) is 0 Å². The maximum atomic E-state index is 13.1. The van der Waals surface area contributed by atoms with Gasteiger partial charge in [0.2, 0.25) is 27.7 Å². The molecular formula is C18H23FN4O5S. The zero-order chi connectivity index (χ0) is 21.2. The highest BCUT2D eigenvalue weighted by atomic mass is 32.2. The van der Waals surface area contributed by atoms with E-state index < -0.39 is 33.8 Å². The van der Waals surface area contributed by atoms with Crippen LogP contribution in [0, 0.1) is 5.82 Å². The lowest BCUT2D eigenvalue weighted by atomic mass is 10.1. The molecule has 158 valence electrons. The van der Waals surface area contributed by atoms with Gasteiger partial charge in [-0.1, -0.05) is 0 Å². The van der Waals surface area contributed by atoms with Gasteiger partial charge < -0.3 is 15.5 Å². The normalized spacial score (nSPS) is 23.4. The number of carbonyl (C=O) groups excluding carboxylic acids is 3. The van der Waals surface area contributed by atoms with Crippen molar-refractivity contribution < 1.29 is 27.2 Å². The van der Waals surface area contributed by atoms with E-state index in [9.17, 15) is 27.2 Å². The first-order chi connectivity index (χ1) is 13.7. The van der Waals surface area contributed by atoms with Crippen molar-refractivity contribution in [3.63, 3.8) is 0 Å². The van der Waals surface area contributed by atoms with Gasteiger partial charge in [-0.2, -0.15) is 4.31 Å². The van der Waals surface area contributed by atoms with Crippen molar-refractivity contribution >= 4 is 27.7 Å². The summed E-state index contributed by atoms with van der Waals surface area (Å²) in [4.78, 5) is 37.9. The minimum absolute atomic E-state index is 0.00693. The Hall–Kier alpha value is -2.53. The smallest absolute Gasteiger partial charge is 0.244 e. The Morgan fingerprint density at radius 1 is 1.21 bits per heavy atom. The number of rotatable bonds is 4. The van der Waals surface area contributed by atoms with Crippen molar-refractivity contribution in [2.75, 3.05) is 26.2 Å². The van der Waals surface area contributed by atoms with Crippen LogP contribution in [-0.2, 0) is 24.4 Å². The number of sulfonamides is 1. The van der Waals surface area contributed by atoms with E-state index in [-0.39, 0.29) is 36.3 Å². The van der Waals surface area contributed by atoms with Gasteiger partial charge in [0.1, 0.15) is 17.9 Å². The molecule has 0 spiro atoms. The Morgan fingerprint density at radius 3 is 2.52 bits per heavy atom. The lowest BCUT2D eigenvalue weighted by Crippen LogP contribution is -2.63. The van der Waals surface area contributed by atoms with Gasteiger partial charge in [0.25, 0.3) is 0 Å². The summed E-state index contributed by atoms with van der Waals surface area (Å²) in [6.45, 7) is 1.63. The number of piperazine rings is 1. The van der Waals surface area contributed by atoms with Gasteiger partial charge in [-0.25, -0.2) is 12.8 Å². The molecule has 2 atom stereocenters. The average molecular weight is 426 g/mol. The zero-order valence-electron chi connectivity index (χ0n) is 15.9. The van der Waals surface area contributed by atoms with Crippen LogP contribution >= 0.6 is 0 Å². The first-order valence-corrected chi connectivity index (χ1v) is 10.7. The molecule has 2 aliphatic rings. The van der Waals surface area contributed by atoms with Crippen molar-refractivity contribution in [1.29, 1.82) is 0 Å². The first kappa shape index (κ1) is 21.2. The number of nitrogens with one attached hydrogen (secondary N) is 2. The number of carbonyl (C=O) groups is 3. The molecule has 2 N–H and O–H groups in total. The Kier molecular flexibility index (Phi) is 6.18. The monoisotopic (exact) mass is 426 g/mol. The van der Waals surface area contributed by atoms with E-state index in [2.05, 4.69) is 10.6 Å². The van der Waals surface area contributed by atoms with E-state index in [0.717, 1.165) is 28.6 Å². The van der Waals surface area contributed by atoms with Gasteiger partial charge >= 0.3 is 0 Å². The van der Waals surface area contributed by atoms with Crippen LogP contribution in [0.15, 0.2) is 29.2 Å². The summed E-state index contributed by atoms with van der Waals surface area (Å²) in [5.41, 5.74) is 0. The minimum Gasteiger partial charge on any atom is -0.354 e. The Balaban J connectivity index is 1.80. The predicted octanol–water partition coefficient (Wildman–Crippen LogP) is -0.558. The molecule has 0 aromatic heterocycles. The first-order valence-electron chi connectivity index (χ1n) is 9.31. The average Bonchev–Trinajstić information content (AvgIpc) is 2.69. The molecule has 11 heteroatoms. The van der Waals surface area contributed by atoms with Gasteiger partial charge in [-0.05, 0) is 37.1 Å². The third kappa shape index (κ3) is 4.56. The third-order valence-corrected chi connectivity index (χ3v) is 6.98. The van der Waals surface area contributed by atoms with Crippen LogP contribution in [0.2, 0.25) is 0 Å². The van der Waals surface area contributed by atoms with Gasteiger partial charge in [0, 0.05) is 33.1 Å². The van der Waals surface area contributed by atoms with E-state index in [0.29, 0.717) is 19.4 Å². The number of benzene rings is 1. The topological polar surface area (TPSA) is 116 Å². The lowest BCUT2D eigenvalue weighted by molar-refractivity contribution is -0.142. The molecule has 1 aromatic carbocycles. The van der Waals surface area contributed by atoms with Crippen molar-refractivity contribution in [2.24, 2.45) is 0 Å². The van der Waals surface area contributed by atoms with E-state index in [4.69, 9.17) is 0 Å². The number of halogens is 1. The van der Waals surface area contributed by atoms with Gasteiger partial charge in [0.15, 0.2) is 0 Å². The van der Waals surface area contributed by atoms with E-state index in [1.165, 1.54) is 11.8 Å². The highest BCUT2D eigenvalue weighted by Crippen LogP contribution is 2.21. The van der Waals surface area contributed by atoms with Crippen molar-refractivity contribution in [3.05, 3.63) is 30.1 Å². The molecule has 2 unspecified atom stereocenters. The number of piperidine rings is 1. The zero-order valence-corrected chi connectivity index (χ0v) is 16.7. The maximum Gasteiger partial charge on any atom is 0.244 e. The fourth-order valence-electron chi connectivity index (χ4n) is 3.51. The molecule has 29 heavy (non-hydrogen) atoms. The molecule has 9 nitrogen and oxygen atoms in total. The number of hydrogen-bond acceptors (Lipinski definition) is 5. The number of nitrogens with zero attached hydrogens (tertiary/aromatic N) is 2. The van der Waals surface area contributed by atoms with Gasteiger partial charge in [0.05, 0.1) is 4.90 Å². The van der Waals surface area contributed by atoms with Crippen LogP contribution in [0.4, 0.5) is 4.39 Å². The minimum atomic E-state index is -3.97. The fourth-order valence-corrected chi connectivity index (χ4v) is 4.95. The molecule has 0 bridgehead atoms.